The van der Waals surface area contributed by atoms with Crippen LogP contribution in [0.15, 0.2) is 0 Å². The number of halogens is 1. The summed E-state index contributed by atoms with van der Waals surface area (Å²) in [4.78, 5) is 13.8. The van der Waals surface area contributed by atoms with Gasteiger partial charge in [-0.3, -0.25) is 4.79 Å². The van der Waals surface area contributed by atoms with Gasteiger partial charge in [0.25, 0.3) is 0 Å². The summed E-state index contributed by atoms with van der Waals surface area (Å²) >= 11 is 0. The van der Waals surface area contributed by atoms with E-state index >= 15 is 0 Å². The Morgan fingerprint density at radius 2 is 1.88 bits per heavy atom. The van der Waals surface area contributed by atoms with Gasteiger partial charge in [-0.05, 0) is 19.4 Å². The van der Waals surface area contributed by atoms with E-state index in [0.29, 0.717) is 13.1 Å². The molecular formula is C10H19ClN2O3S. The number of hydrogen-bond acceptors (Lipinski definition) is 4. The quantitative estimate of drug-likeness (QED) is 0.715. The minimum absolute atomic E-state index is 0. The molecule has 100 valence electrons. The van der Waals surface area contributed by atoms with E-state index in [-0.39, 0.29) is 35.7 Å². The number of piperidine rings is 1. The summed E-state index contributed by atoms with van der Waals surface area (Å²) in [5, 5.41) is 3.21. The molecule has 5 nitrogen and oxygen atoms in total. The van der Waals surface area contributed by atoms with Crippen molar-refractivity contribution in [2.24, 2.45) is 5.92 Å². The third-order valence-electron chi connectivity index (χ3n) is 3.30. The molecule has 0 radical (unpaired) electrons. The summed E-state index contributed by atoms with van der Waals surface area (Å²) in [6.07, 6.45) is 1.96. The molecule has 2 aliphatic heterocycles. The first-order valence-corrected chi connectivity index (χ1v) is 7.60. The van der Waals surface area contributed by atoms with E-state index in [1.165, 1.54) is 0 Å². The Hall–Kier alpha value is -0.330. The molecule has 1 N–H and O–H groups in total. The summed E-state index contributed by atoms with van der Waals surface area (Å²) in [5.41, 5.74) is 0. The topological polar surface area (TPSA) is 66.5 Å². The lowest BCUT2D eigenvalue weighted by Crippen LogP contribution is -2.49. The SMILES string of the molecule is Cl.O=C([C@@H]1CCCNC1)N1CCS(=O)(=O)CC1. The second-order valence-corrected chi connectivity index (χ2v) is 6.82. The third kappa shape index (κ3) is 3.82. The molecule has 0 aromatic carbocycles. The lowest BCUT2D eigenvalue weighted by molar-refractivity contribution is -0.135. The van der Waals surface area contributed by atoms with Crippen molar-refractivity contribution in [1.29, 1.82) is 0 Å². The molecule has 0 unspecified atom stereocenters. The standard InChI is InChI=1S/C10H18N2O3S.ClH/c13-10(9-2-1-3-11-8-9)12-4-6-16(14,15)7-5-12;/h9,11H,1-8H2;1H/t9-;/m1./s1. The van der Waals surface area contributed by atoms with Crippen LogP contribution >= 0.6 is 12.4 Å². The average Bonchev–Trinajstić information content (AvgIpc) is 2.29. The Balaban J connectivity index is 0.00000144. The van der Waals surface area contributed by atoms with Gasteiger partial charge in [0.2, 0.25) is 5.91 Å². The number of nitrogens with one attached hydrogen (secondary N) is 1. The van der Waals surface area contributed by atoms with Crippen LogP contribution in [0.4, 0.5) is 0 Å². The maximum absolute atomic E-state index is 12.1. The zero-order valence-corrected chi connectivity index (χ0v) is 11.4. The summed E-state index contributed by atoms with van der Waals surface area (Å²) in [7, 11) is -2.89. The molecule has 0 aliphatic carbocycles. The van der Waals surface area contributed by atoms with Crippen molar-refractivity contribution in [2.75, 3.05) is 37.7 Å². The van der Waals surface area contributed by atoms with Gasteiger partial charge in [-0.25, -0.2) is 8.42 Å². The number of rotatable bonds is 1. The maximum Gasteiger partial charge on any atom is 0.227 e. The monoisotopic (exact) mass is 282 g/mol. The Morgan fingerprint density at radius 1 is 1.24 bits per heavy atom. The van der Waals surface area contributed by atoms with Crippen molar-refractivity contribution in [3.05, 3.63) is 0 Å². The molecule has 1 atom stereocenters. The fourth-order valence-corrected chi connectivity index (χ4v) is 3.45. The van der Waals surface area contributed by atoms with Gasteiger partial charge in [0, 0.05) is 19.6 Å². The first-order chi connectivity index (χ1) is 7.58. The van der Waals surface area contributed by atoms with Gasteiger partial charge >= 0.3 is 0 Å². The highest BCUT2D eigenvalue weighted by molar-refractivity contribution is 7.91. The molecule has 0 spiro atoms. The van der Waals surface area contributed by atoms with Crippen LogP contribution in [-0.4, -0.2) is 56.9 Å². The van der Waals surface area contributed by atoms with E-state index in [0.717, 1.165) is 25.9 Å². The highest BCUT2D eigenvalue weighted by atomic mass is 35.5. The number of hydrogen-bond donors (Lipinski definition) is 1. The van der Waals surface area contributed by atoms with Crippen LogP contribution in [-0.2, 0) is 14.6 Å². The van der Waals surface area contributed by atoms with Crippen LogP contribution in [0.1, 0.15) is 12.8 Å². The van der Waals surface area contributed by atoms with Gasteiger partial charge in [0.05, 0.1) is 17.4 Å². The largest absolute Gasteiger partial charge is 0.340 e. The van der Waals surface area contributed by atoms with Crippen LogP contribution in [0, 0.1) is 5.92 Å². The van der Waals surface area contributed by atoms with Crippen LogP contribution in [0.2, 0.25) is 0 Å². The van der Waals surface area contributed by atoms with Crippen LogP contribution in [0.5, 0.6) is 0 Å². The van der Waals surface area contributed by atoms with Gasteiger partial charge in [0.1, 0.15) is 0 Å². The predicted molar refractivity (Wildman–Crippen MR) is 68.1 cm³/mol. The van der Waals surface area contributed by atoms with Crippen LogP contribution < -0.4 is 5.32 Å². The first kappa shape index (κ1) is 14.7. The van der Waals surface area contributed by atoms with E-state index in [1.807, 2.05) is 0 Å². The molecular weight excluding hydrogens is 264 g/mol. The highest BCUT2D eigenvalue weighted by Gasteiger charge is 2.30. The lowest BCUT2D eigenvalue weighted by atomic mass is 9.98. The predicted octanol–water partition coefficient (Wildman–Crippen LogP) is -0.335. The van der Waals surface area contributed by atoms with Gasteiger partial charge in [-0.1, -0.05) is 0 Å². The lowest BCUT2D eigenvalue weighted by Gasteiger charge is -2.32. The Kier molecular flexibility index (Phi) is 5.22. The zero-order chi connectivity index (χ0) is 11.6. The number of nitrogens with zero attached hydrogens (tertiary/aromatic N) is 1. The fraction of sp³-hybridized carbons (Fsp3) is 0.900. The number of sulfone groups is 1. The second-order valence-electron chi connectivity index (χ2n) is 4.52. The highest BCUT2D eigenvalue weighted by Crippen LogP contribution is 2.15. The van der Waals surface area contributed by atoms with E-state index in [4.69, 9.17) is 0 Å². The van der Waals surface area contributed by atoms with Crippen molar-refractivity contribution in [3.8, 4) is 0 Å². The van der Waals surface area contributed by atoms with E-state index in [2.05, 4.69) is 5.32 Å². The summed E-state index contributed by atoms with van der Waals surface area (Å²) < 4.78 is 22.5. The van der Waals surface area contributed by atoms with Crippen molar-refractivity contribution >= 4 is 28.2 Å². The third-order valence-corrected chi connectivity index (χ3v) is 4.91. The maximum atomic E-state index is 12.1. The van der Waals surface area contributed by atoms with Crippen molar-refractivity contribution in [3.63, 3.8) is 0 Å². The summed E-state index contributed by atoms with van der Waals surface area (Å²) in [5.74, 6) is 0.425. The van der Waals surface area contributed by atoms with Crippen molar-refractivity contribution in [1.82, 2.24) is 10.2 Å². The Morgan fingerprint density at radius 3 is 2.41 bits per heavy atom. The Bertz CT molecular complexity index is 352. The number of carbonyl (C=O) groups is 1. The zero-order valence-electron chi connectivity index (χ0n) is 9.72. The molecule has 7 heteroatoms. The molecule has 0 saturated carbocycles. The molecule has 2 fully saturated rings. The molecule has 2 saturated heterocycles. The van der Waals surface area contributed by atoms with Gasteiger partial charge < -0.3 is 10.2 Å². The smallest absolute Gasteiger partial charge is 0.227 e. The van der Waals surface area contributed by atoms with E-state index in [9.17, 15) is 13.2 Å². The van der Waals surface area contributed by atoms with Crippen molar-refractivity contribution in [2.45, 2.75) is 12.8 Å². The van der Waals surface area contributed by atoms with Gasteiger partial charge in [-0.2, -0.15) is 0 Å². The van der Waals surface area contributed by atoms with Crippen LogP contribution in [0.25, 0.3) is 0 Å². The summed E-state index contributed by atoms with van der Waals surface area (Å²) in [6.45, 7) is 2.47. The van der Waals surface area contributed by atoms with Gasteiger partial charge in [0.15, 0.2) is 9.84 Å². The van der Waals surface area contributed by atoms with Gasteiger partial charge in [-0.15, -0.1) is 12.4 Å². The molecule has 2 heterocycles. The van der Waals surface area contributed by atoms with Crippen molar-refractivity contribution < 1.29 is 13.2 Å². The van der Waals surface area contributed by atoms with Crippen LogP contribution in [0.3, 0.4) is 0 Å². The molecule has 2 aliphatic rings. The average molecular weight is 283 g/mol. The normalized spacial score (nSPS) is 28.2. The molecule has 0 bridgehead atoms. The summed E-state index contributed by atoms with van der Waals surface area (Å²) in [6, 6.07) is 0. The second kappa shape index (κ2) is 6.02. The minimum atomic E-state index is -2.89. The minimum Gasteiger partial charge on any atom is -0.340 e. The Labute approximate surface area is 108 Å². The number of carbonyl (C=O) groups excluding carboxylic acids is 1. The van der Waals surface area contributed by atoms with E-state index < -0.39 is 9.84 Å². The molecule has 0 aromatic rings. The first-order valence-electron chi connectivity index (χ1n) is 5.78. The van der Waals surface area contributed by atoms with E-state index in [1.54, 1.807) is 4.90 Å². The molecule has 17 heavy (non-hydrogen) atoms. The fourth-order valence-electron chi connectivity index (χ4n) is 2.25. The molecule has 1 amide bonds. The molecule has 2 rings (SSSR count). The number of amides is 1. The molecule has 0 aromatic heterocycles.